The number of anilines is 1. The van der Waals surface area contributed by atoms with E-state index in [1.807, 2.05) is 31.2 Å². The summed E-state index contributed by atoms with van der Waals surface area (Å²) in [5, 5.41) is 4.50. The van der Waals surface area contributed by atoms with Gasteiger partial charge in [0.15, 0.2) is 5.65 Å². The summed E-state index contributed by atoms with van der Waals surface area (Å²) in [5.74, 6) is 1.40. The van der Waals surface area contributed by atoms with Crippen LogP contribution in [0.4, 0.5) is 10.2 Å². The van der Waals surface area contributed by atoms with Crippen molar-refractivity contribution in [1.29, 1.82) is 0 Å². The summed E-state index contributed by atoms with van der Waals surface area (Å²) < 4.78 is 13.9. The summed E-state index contributed by atoms with van der Waals surface area (Å²) in [6, 6.07) is 11.2. The average Bonchev–Trinajstić information content (AvgIpc) is 2.64. The van der Waals surface area contributed by atoms with Crippen LogP contribution < -0.4 is 5.32 Å². The molecule has 1 aromatic carbocycles. The smallest absolute Gasteiger partial charge is 0.164 e. The average molecular weight is 351 g/mol. The van der Waals surface area contributed by atoms with Crippen LogP contribution in [0.15, 0.2) is 42.6 Å². The fourth-order valence-corrected chi connectivity index (χ4v) is 3.56. The predicted molar refractivity (Wildman–Crippen MR) is 100 cm³/mol. The van der Waals surface area contributed by atoms with Crippen molar-refractivity contribution in [1.82, 2.24) is 19.9 Å². The van der Waals surface area contributed by atoms with Gasteiger partial charge in [-0.25, -0.2) is 19.3 Å². The van der Waals surface area contributed by atoms with Gasteiger partial charge in [0.1, 0.15) is 17.5 Å². The van der Waals surface area contributed by atoms with Crippen molar-refractivity contribution in [2.24, 2.45) is 0 Å². The number of piperidine rings is 1. The van der Waals surface area contributed by atoms with Gasteiger partial charge in [-0.3, -0.25) is 4.90 Å². The topological polar surface area (TPSA) is 53.9 Å². The van der Waals surface area contributed by atoms with E-state index in [4.69, 9.17) is 0 Å². The monoisotopic (exact) mass is 351 g/mol. The molecule has 0 amide bonds. The zero-order chi connectivity index (χ0) is 17.9. The molecule has 26 heavy (non-hydrogen) atoms. The van der Waals surface area contributed by atoms with Crippen molar-refractivity contribution in [2.75, 3.05) is 18.4 Å². The molecule has 134 valence electrons. The molecule has 1 N–H and O–H groups in total. The standard InChI is InChI=1S/C20H22FN5/c1-14-23-19-17(8-4-10-22-19)20(24-14)25-16-7-5-11-26(13-16)12-15-6-2-3-9-18(15)21/h2-4,6,8-10,16H,5,7,11-13H2,1H3,(H,22,23,24,25). The van der Waals surface area contributed by atoms with Crippen molar-refractivity contribution in [3.8, 4) is 0 Å². The summed E-state index contributed by atoms with van der Waals surface area (Å²) in [4.78, 5) is 15.6. The number of nitrogens with zero attached hydrogens (tertiary/aromatic N) is 4. The third-order valence-electron chi connectivity index (χ3n) is 4.78. The molecule has 0 saturated carbocycles. The van der Waals surface area contributed by atoms with E-state index in [2.05, 4.69) is 25.2 Å². The summed E-state index contributed by atoms with van der Waals surface area (Å²) in [5.41, 5.74) is 1.46. The minimum atomic E-state index is -0.133. The number of aryl methyl sites for hydroxylation is 1. The summed E-state index contributed by atoms with van der Waals surface area (Å²) >= 11 is 0. The lowest BCUT2D eigenvalue weighted by molar-refractivity contribution is 0.206. The van der Waals surface area contributed by atoms with Crippen LogP contribution >= 0.6 is 0 Å². The highest BCUT2D eigenvalue weighted by Crippen LogP contribution is 2.22. The Morgan fingerprint density at radius 2 is 2.08 bits per heavy atom. The number of rotatable bonds is 4. The fourth-order valence-electron chi connectivity index (χ4n) is 3.56. The van der Waals surface area contributed by atoms with Gasteiger partial charge in [-0.05, 0) is 44.5 Å². The van der Waals surface area contributed by atoms with Gasteiger partial charge < -0.3 is 5.32 Å². The van der Waals surface area contributed by atoms with Gasteiger partial charge in [0, 0.05) is 30.9 Å². The molecule has 0 spiro atoms. The van der Waals surface area contributed by atoms with Crippen molar-refractivity contribution in [3.05, 3.63) is 59.8 Å². The van der Waals surface area contributed by atoms with E-state index >= 15 is 0 Å². The Labute approximate surface area is 152 Å². The predicted octanol–water partition coefficient (Wildman–Crippen LogP) is 3.55. The molecule has 1 aliphatic heterocycles. The zero-order valence-corrected chi connectivity index (χ0v) is 14.8. The Kier molecular flexibility index (Phi) is 4.75. The molecule has 6 heteroatoms. The lowest BCUT2D eigenvalue weighted by Gasteiger charge is -2.33. The maximum absolute atomic E-state index is 13.9. The van der Waals surface area contributed by atoms with Crippen LogP contribution in [0.2, 0.25) is 0 Å². The Morgan fingerprint density at radius 3 is 2.96 bits per heavy atom. The maximum Gasteiger partial charge on any atom is 0.164 e. The third kappa shape index (κ3) is 3.65. The number of halogens is 1. The van der Waals surface area contributed by atoms with Gasteiger partial charge in [0.2, 0.25) is 0 Å². The van der Waals surface area contributed by atoms with E-state index < -0.39 is 0 Å². The zero-order valence-electron chi connectivity index (χ0n) is 14.8. The summed E-state index contributed by atoms with van der Waals surface area (Å²) in [7, 11) is 0. The molecule has 1 atom stereocenters. The molecule has 3 aromatic rings. The van der Waals surface area contributed by atoms with Crippen LogP contribution in [0, 0.1) is 12.7 Å². The minimum Gasteiger partial charge on any atom is -0.365 e. The number of pyridine rings is 1. The molecule has 5 nitrogen and oxygen atoms in total. The third-order valence-corrected chi connectivity index (χ3v) is 4.78. The first kappa shape index (κ1) is 16.8. The quantitative estimate of drug-likeness (QED) is 0.779. The van der Waals surface area contributed by atoms with Crippen molar-refractivity contribution in [2.45, 2.75) is 32.4 Å². The molecule has 0 radical (unpaired) electrons. The van der Waals surface area contributed by atoms with Gasteiger partial charge in [0.25, 0.3) is 0 Å². The number of nitrogens with one attached hydrogen (secondary N) is 1. The molecular weight excluding hydrogens is 329 g/mol. The van der Waals surface area contributed by atoms with Crippen molar-refractivity contribution < 1.29 is 4.39 Å². The van der Waals surface area contributed by atoms with Crippen LogP contribution in [-0.4, -0.2) is 39.0 Å². The lowest BCUT2D eigenvalue weighted by atomic mass is 10.0. The number of hydrogen-bond acceptors (Lipinski definition) is 5. The molecule has 1 saturated heterocycles. The van der Waals surface area contributed by atoms with E-state index in [0.29, 0.717) is 18.0 Å². The first-order chi connectivity index (χ1) is 12.7. The number of hydrogen-bond donors (Lipinski definition) is 1. The number of fused-ring (bicyclic) bond motifs is 1. The van der Waals surface area contributed by atoms with E-state index in [0.717, 1.165) is 42.7 Å². The molecule has 0 bridgehead atoms. The fraction of sp³-hybridized carbons (Fsp3) is 0.350. The number of aromatic nitrogens is 3. The van der Waals surface area contributed by atoms with Crippen LogP contribution in [0.25, 0.3) is 11.0 Å². The van der Waals surface area contributed by atoms with Gasteiger partial charge in [-0.1, -0.05) is 18.2 Å². The van der Waals surface area contributed by atoms with Crippen LogP contribution in [0.5, 0.6) is 0 Å². The molecule has 2 aromatic heterocycles. The van der Waals surface area contributed by atoms with Gasteiger partial charge in [0.05, 0.1) is 5.39 Å². The SMILES string of the molecule is Cc1nc(NC2CCCN(Cc3ccccc3F)C2)c2cccnc2n1. The van der Waals surface area contributed by atoms with Gasteiger partial charge in [-0.2, -0.15) is 0 Å². The first-order valence-electron chi connectivity index (χ1n) is 9.01. The molecule has 1 fully saturated rings. The van der Waals surface area contributed by atoms with E-state index in [9.17, 15) is 4.39 Å². The second kappa shape index (κ2) is 7.33. The molecule has 1 unspecified atom stereocenters. The molecule has 0 aliphatic carbocycles. The minimum absolute atomic E-state index is 0.133. The Hall–Kier alpha value is -2.60. The number of benzene rings is 1. The van der Waals surface area contributed by atoms with Crippen LogP contribution in [0.1, 0.15) is 24.2 Å². The second-order valence-corrected chi connectivity index (χ2v) is 6.80. The highest BCUT2D eigenvalue weighted by Gasteiger charge is 2.22. The van der Waals surface area contributed by atoms with Crippen molar-refractivity contribution in [3.63, 3.8) is 0 Å². The van der Waals surface area contributed by atoms with Gasteiger partial charge in [-0.15, -0.1) is 0 Å². The van der Waals surface area contributed by atoms with E-state index in [1.54, 1.807) is 12.3 Å². The Morgan fingerprint density at radius 1 is 1.19 bits per heavy atom. The molecule has 3 heterocycles. The molecule has 1 aliphatic rings. The highest BCUT2D eigenvalue weighted by atomic mass is 19.1. The normalized spacial score (nSPS) is 18.2. The largest absolute Gasteiger partial charge is 0.365 e. The summed E-state index contributed by atoms with van der Waals surface area (Å²) in [6.45, 7) is 4.36. The second-order valence-electron chi connectivity index (χ2n) is 6.80. The molecular formula is C20H22FN5. The lowest BCUT2D eigenvalue weighted by Crippen LogP contribution is -2.42. The van der Waals surface area contributed by atoms with Crippen LogP contribution in [0.3, 0.4) is 0 Å². The first-order valence-corrected chi connectivity index (χ1v) is 9.01. The highest BCUT2D eigenvalue weighted by molar-refractivity contribution is 5.86. The van der Waals surface area contributed by atoms with E-state index in [1.165, 1.54) is 6.07 Å². The van der Waals surface area contributed by atoms with Crippen LogP contribution in [-0.2, 0) is 6.54 Å². The molecule has 4 rings (SSSR count). The Balaban J connectivity index is 1.50. The van der Waals surface area contributed by atoms with Gasteiger partial charge >= 0.3 is 0 Å². The maximum atomic E-state index is 13.9. The number of likely N-dealkylation sites (tertiary alicyclic amines) is 1. The van der Waals surface area contributed by atoms with Crippen molar-refractivity contribution >= 4 is 16.9 Å². The Bertz CT molecular complexity index is 914. The van der Waals surface area contributed by atoms with E-state index in [-0.39, 0.29) is 11.9 Å². The summed E-state index contributed by atoms with van der Waals surface area (Å²) in [6.07, 6.45) is 3.89.